The van der Waals surface area contributed by atoms with Gasteiger partial charge in [-0.05, 0) is 66.1 Å². The van der Waals surface area contributed by atoms with Gasteiger partial charge in [0.05, 0.1) is 10.7 Å². The zero-order valence-corrected chi connectivity index (χ0v) is 27.0. The number of rotatable bonds is 9. The normalized spacial score (nSPS) is 15.9. The van der Waals surface area contributed by atoms with Crippen LogP contribution in [0.15, 0.2) is 103 Å². The summed E-state index contributed by atoms with van der Waals surface area (Å²) in [7, 11) is 2.15. The van der Waals surface area contributed by atoms with Crippen molar-refractivity contribution in [2.24, 2.45) is 0 Å². The summed E-state index contributed by atoms with van der Waals surface area (Å²) in [6.45, 7) is 5.48. The Labute approximate surface area is 276 Å². The van der Waals surface area contributed by atoms with Gasteiger partial charge in [-0.15, -0.1) is 0 Å². The Morgan fingerprint density at radius 2 is 1.57 bits per heavy atom. The molecular weight excluding hydrogens is 594 g/mol. The summed E-state index contributed by atoms with van der Waals surface area (Å²) in [5.41, 5.74) is 6.20. The van der Waals surface area contributed by atoms with Crippen LogP contribution in [-0.2, 0) is 35.5 Å². The minimum Gasteiger partial charge on any atom is -0.369 e. The zero-order valence-electron chi connectivity index (χ0n) is 26.3. The van der Waals surface area contributed by atoms with Crippen LogP contribution >= 0.6 is 11.6 Å². The first-order valence-corrected chi connectivity index (χ1v) is 16.3. The van der Waals surface area contributed by atoms with Crippen LogP contribution in [0.2, 0.25) is 5.02 Å². The monoisotopic (exact) mass is 633 g/mol. The molecule has 1 aromatic heterocycles. The van der Waals surface area contributed by atoms with E-state index in [1.54, 1.807) is 29.3 Å². The molecule has 236 valence electrons. The van der Waals surface area contributed by atoms with E-state index in [4.69, 9.17) is 11.6 Å². The highest BCUT2D eigenvalue weighted by Crippen LogP contribution is 2.24. The fourth-order valence-corrected chi connectivity index (χ4v) is 6.33. The van der Waals surface area contributed by atoms with Crippen molar-refractivity contribution in [1.82, 2.24) is 19.7 Å². The van der Waals surface area contributed by atoms with Gasteiger partial charge in [-0.3, -0.25) is 14.6 Å². The summed E-state index contributed by atoms with van der Waals surface area (Å²) in [5.74, 6) is -0.287. The minimum atomic E-state index is -0.694. The van der Waals surface area contributed by atoms with Gasteiger partial charge < -0.3 is 19.6 Å². The van der Waals surface area contributed by atoms with Crippen LogP contribution in [0.1, 0.15) is 27.9 Å². The van der Waals surface area contributed by atoms with Crippen LogP contribution in [0, 0.1) is 0 Å². The van der Waals surface area contributed by atoms with Crippen molar-refractivity contribution in [3.63, 3.8) is 0 Å². The zero-order chi connectivity index (χ0) is 31.9. The van der Waals surface area contributed by atoms with Crippen LogP contribution in [0.4, 0.5) is 5.69 Å². The number of fused-ring (bicyclic) bond motifs is 1. The fourth-order valence-electron chi connectivity index (χ4n) is 6.22. The molecule has 8 heteroatoms. The maximum absolute atomic E-state index is 14.5. The number of carbonyl (C=O) groups is 2. The number of piperazine rings is 1. The van der Waals surface area contributed by atoms with Crippen LogP contribution in [0.3, 0.4) is 0 Å². The van der Waals surface area contributed by atoms with E-state index in [1.165, 1.54) is 17.3 Å². The number of likely N-dealkylation sites (N-methyl/N-ethyl adjacent to an activating group) is 1. The lowest BCUT2D eigenvalue weighted by Gasteiger charge is -2.37. The first-order valence-electron chi connectivity index (χ1n) is 15.9. The molecule has 1 fully saturated rings. The summed E-state index contributed by atoms with van der Waals surface area (Å²) in [4.78, 5) is 41.4. The van der Waals surface area contributed by atoms with Gasteiger partial charge in [0.2, 0.25) is 11.8 Å². The Kier molecular flexibility index (Phi) is 10.1. The molecule has 0 spiro atoms. The number of hydrogen-bond donors (Lipinski definition) is 0. The van der Waals surface area contributed by atoms with E-state index in [0.29, 0.717) is 36.8 Å². The van der Waals surface area contributed by atoms with Gasteiger partial charge in [0.25, 0.3) is 0 Å². The second kappa shape index (κ2) is 14.8. The first-order chi connectivity index (χ1) is 22.4. The van der Waals surface area contributed by atoms with Gasteiger partial charge in [0.15, 0.2) is 0 Å². The number of benzene rings is 3. The molecule has 1 saturated heterocycles. The van der Waals surface area contributed by atoms with Gasteiger partial charge >= 0.3 is 0 Å². The number of anilines is 1. The van der Waals surface area contributed by atoms with Crippen LogP contribution in [0.25, 0.3) is 6.08 Å². The second-order valence-corrected chi connectivity index (χ2v) is 12.6. The summed E-state index contributed by atoms with van der Waals surface area (Å²) in [6.07, 6.45) is 5.97. The lowest BCUT2D eigenvalue weighted by molar-refractivity contribution is -0.144. The van der Waals surface area contributed by atoms with E-state index in [9.17, 15) is 9.59 Å². The van der Waals surface area contributed by atoms with Crippen LogP contribution in [-0.4, -0.2) is 77.3 Å². The summed E-state index contributed by atoms with van der Waals surface area (Å²) in [6, 6.07) is 29.5. The molecule has 0 aliphatic carbocycles. The van der Waals surface area contributed by atoms with Crippen LogP contribution in [0.5, 0.6) is 0 Å². The van der Waals surface area contributed by atoms with Crippen molar-refractivity contribution >= 4 is 35.2 Å². The number of aromatic nitrogens is 1. The molecule has 7 nitrogen and oxygen atoms in total. The van der Waals surface area contributed by atoms with E-state index in [0.717, 1.165) is 49.3 Å². The molecule has 3 heterocycles. The Hall–Kier alpha value is -4.46. The predicted molar refractivity (Wildman–Crippen MR) is 184 cm³/mol. The van der Waals surface area contributed by atoms with Gasteiger partial charge in [-0.1, -0.05) is 78.3 Å². The quantitative estimate of drug-likeness (QED) is 0.221. The number of carbonyl (C=O) groups excluding carboxylic acids is 2. The van der Waals surface area contributed by atoms with Crippen molar-refractivity contribution < 1.29 is 9.59 Å². The van der Waals surface area contributed by atoms with Gasteiger partial charge in [0.1, 0.15) is 6.04 Å². The van der Waals surface area contributed by atoms with E-state index in [-0.39, 0.29) is 11.8 Å². The maximum atomic E-state index is 14.5. The molecule has 0 saturated carbocycles. The van der Waals surface area contributed by atoms with E-state index in [1.807, 2.05) is 47.4 Å². The third-order valence-corrected chi connectivity index (χ3v) is 9.19. The Balaban J connectivity index is 1.31. The molecule has 0 N–H and O–H groups in total. The SMILES string of the molecule is CN1CCN(c2ccc(CN(C(=O)C=Cc3ccc(Cl)cn3)[C@@H](Cc3ccccc3)C(=O)N3CCc4ccccc4C3)cc2)CC1. The van der Waals surface area contributed by atoms with E-state index in [2.05, 4.69) is 58.2 Å². The highest BCUT2D eigenvalue weighted by atomic mass is 35.5. The first kappa shape index (κ1) is 31.5. The average molecular weight is 634 g/mol. The molecule has 2 aliphatic rings. The number of pyridine rings is 1. The number of nitrogens with zero attached hydrogens (tertiary/aromatic N) is 5. The third kappa shape index (κ3) is 7.84. The minimum absolute atomic E-state index is 0.0428. The van der Waals surface area contributed by atoms with Crippen molar-refractivity contribution in [3.05, 3.63) is 136 Å². The molecule has 6 rings (SSSR count). The average Bonchev–Trinajstić information content (AvgIpc) is 3.10. The van der Waals surface area contributed by atoms with E-state index < -0.39 is 6.04 Å². The molecule has 1 atom stereocenters. The van der Waals surface area contributed by atoms with Gasteiger partial charge in [0, 0.05) is 70.2 Å². The van der Waals surface area contributed by atoms with Gasteiger partial charge in [-0.25, -0.2) is 0 Å². The van der Waals surface area contributed by atoms with Crippen molar-refractivity contribution in [2.75, 3.05) is 44.7 Å². The largest absolute Gasteiger partial charge is 0.369 e. The molecular formula is C38H40ClN5O2. The van der Waals surface area contributed by atoms with E-state index >= 15 is 0 Å². The summed E-state index contributed by atoms with van der Waals surface area (Å²) >= 11 is 6.03. The third-order valence-electron chi connectivity index (χ3n) is 8.96. The molecule has 0 unspecified atom stereocenters. The Bertz CT molecular complexity index is 1650. The highest BCUT2D eigenvalue weighted by Gasteiger charge is 2.34. The molecule has 2 aliphatic heterocycles. The second-order valence-electron chi connectivity index (χ2n) is 12.1. The maximum Gasteiger partial charge on any atom is 0.247 e. The summed E-state index contributed by atoms with van der Waals surface area (Å²) < 4.78 is 0. The molecule has 0 bridgehead atoms. The standard InChI is InChI=1S/C38H40ClN5O2/c1-41-21-23-42(24-22-41)35-16-11-30(12-17-35)27-44(37(45)18-15-34-14-13-33(39)26-40-34)36(25-29-7-3-2-4-8-29)38(46)43-20-19-31-9-5-6-10-32(31)28-43/h2-18,26,36H,19-25,27-28H2,1H3/t36-/m0/s1. The number of amides is 2. The molecule has 46 heavy (non-hydrogen) atoms. The van der Waals surface area contributed by atoms with Crippen molar-refractivity contribution in [2.45, 2.75) is 32.0 Å². The van der Waals surface area contributed by atoms with Crippen LogP contribution < -0.4 is 4.90 Å². The highest BCUT2D eigenvalue weighted by molar-refractivity contribution is 6.30. The predicted octanol–water partition coefficient (Wildman–Crippen LogP) is 5.73. The molecule has 2 amide bonds. The molecule has 4 aromatic rings. The van der Waals surface area contributed by atoms with Crippen molar-refractivity contribution in [1.29, 1.82) is 0 Å². The fraction of sp³-hybridized carbons (Fsp3) is 0.289. The number of halogens is 1. The Morgan fingerprint density at radius 3 is 2.28 bits per heavy atom. The lowest BCUT2D eigenvalue weighted by atomic mass is 9.97. The molecule has 3 aromatic carbocycles. The van der Waals surface area contributed by atoms with Gasteiger partial charge in [-0.2, -0.15) is 0 Å². The number of hydrogen-bond acceptors (Lipinski definition) is 5. The smallest absolute Gasteiger partial charge is 0.247 e. The topological polar surface area (TPSA) is 60.0 Å². The lowest BCUT2D eigenvalue weighted by Crippen LogP contribution is -2.52. The van der Waals surface area contributed by atoms with Crippen molar-refractivity contribution in [3.8, 4) is 0 Å². The molecule has 0 radical (unpaired) electrons. The Morgan fingerprint density at radius 1 is 0.848 bits per heavy atom. The summed E-state index contributed by atoms with van der Waals surface area (Å²) in [5, 5.41) is 0.529.